The second kappa shape index (κ2) is 6.28. The lowest BCUT2D eigenvalue weighted by atomic mass is 10.0. The molecular formula is C16H14F2O2. The van der Waals surface area contributed by atoms with E-state index in [9.17, 15) is 13.6 Å². The van der Waals surface area contributed by atoms with Gasteiger partial charge in [-0.2, -0.15) is 0 Å². The Morgan fingerprint density at radius 1 is 1.10 bits per heavy atom. The maximum Gasteiger partial charge on any atom is 0.166 e. The van der Waals surface area contributed by atoms with Crippen molar-refractivity contribution in [1.82, 2.24) is 0 Å². The van der Waals surface area contributed by atoms with Gasteiger partial charge in [-0.05, 0) is 36.2 Å². The van der Waals surface area contributed by atoms with Gasteiger partial charge in [0.2, 0.25) is 0 Å². The van der Waals surface area contributed by atoms with Crippen LogP contribution in [-0.2, 0) is 6.42 Å². The van der Waals surface area contributed by atoms with Gasteiger partial charge in [0.25, 0.3) is 0 Å². The first-order chi connectivity index (χ1) is 9.60. The van der Waals surface area contributed by atoms with Gasteiger partial charge < -0.3 is 4.74 Å². The van der Waals surface area contributed by atoms with E-state index in [-0.39, 0.29) is 17.8 Å². The molecule has 0 atom stereocenters. The molecule has 0 N–H and O–H groups in total. The van der Waals surface area contributed by atoms with E-state index in [2.05, 4.69) is 0 Å². The molecule has 2 rings (SSSR count). The Bertz CT molecular complexity index is 606. The second-order valence-corrected chi connectivity index (χ2v) is 4.40. The summed E-state index contributed by atoms with van der Waals surface area (Å²) in [5, 5.41) is 0. The monoisotopic (exact) mass is 276 g/mol. The van der Waals surface area contributed by atoms with Crippen molar-refractivity contribution in [1.29, 1.82) is 0 Å². The highest BCUT2D eigenvalue weighted by molar-refractivity contribution is 5.96. The van der Waals surface area contributed by atoms with Crippen molar-refractivity contribution in [2.45, 2.75) is 12.8 Å². The first-order valence-corrected chi connectivity index (χ1v) is 6.21. The van der Waals surface area contributed by atoms with Crippen LogP contribution in [0.4, 0.5) is 8.78 Å². The number of methoxy groups -OCH3 is 1. The quantitative estimate of drug-likeness (QED) is 0.777. The van der Waals surface area contributed by atoms with E-state index in [1.165, 1.54) is 6.07 Å². The van der Waals surface area contributed by atoms with Crippen LogP contribution in [0.15, 0.2) is 42.5 Å². The standard InChI is InChI=1S/C16H14F2O2/c1-20-13-6-2-11(3-7-13)4-9-16(19)14-8-5-12(17)10-15(14)18/h2-3,5-8,10H,4,9H2,1H3. The molecule has 0 aliphatic heterocycles. The maximum atomic E-state index is 13.4. The highest BCUT2D eigenvalue weighted by atomic mass is 19.1. The number of ketones is 1. The highest BCUT2D eigenvalue weighted by Gasteiger charge is 2.12. The summed E-state index contributed by atoms with van der Waals surface area (Å²) in [6.07, 6.45) is 0.675. The molecule has 0 bridgehead atoms. The minimum atomic E-state index is -0.815. The average Bonchev–Trinajstić information content (AvgIpc) is 2.45. The van der Waals surface area contributed by atoms with E-state index in [0.29, 0.717) is 6.42 Å². The molecule has 0 radical (unpaired) electrons. The minimum absolute atomic E-state index is 0.0695. The van der Waals surface area contributed by atoms with Gasteiger partial charge in [-0.3, -0.25) is 4.79 Å². The fourth-order valence-corrected chi connectivity index (χ4v) is 1.90. The van der Waals surface area contributed by atoms with Gasteiger partial charge in [0, 0.05) is 12.5 Å². The first-order valence-electron chi connectivity index (χ1n) is 6.21. The number of aryl methyl sites for hydroxylation is 1. The zero-order valence-corrected chi connectivity index (χ0v) is 11.0. The van der Waals surface area contributed by atoms with E-state index >= 15 is 0 Å². The number of Topliss-reactive ketones (excluding diaryl/α,β-unsaturated/α-hetero) is 1. The van der Waals surface area contributed by atoms with E-state index in [1.807, 2.05) is 12.1 Å². The van der Waals surface area contributed by atoms with Crippen molar-refractivity contribution in [3.63, 3.8) is 0 Å². The zero-order chi connectivity index (χ0) is 14.5. The third kappa shape index (κ3) is 3.41. The van der Waals surface area contributed by atoms with E-state index in [1.54, 1.807) is 19.2 Å². The normalized spacial score (nSPS) is 10.3. The molecule has 0 saturated heterocycles. The van der Waals surface area contributed by atoms with E-state index in [4.69, 9.17) is 4.74 Å². The number of hydrogen-bond donors (Lipinski definition) is 0. The topological polar surface area (TPSA) is 26.3 Å². The predicted molar refractivity (Wildman–Crippen MR) is 72.0 cm³/mol. The number of halogens is 2. The number of rotatable bonds is 5. The van der Waals surface area contributed by atoms with Gasteiger partial charge in [-0.1, -0.05) is 12.1 Å². The SMILES string of the molecule is COc1ccc(CCC(=O)c2ccc(F)cc2F)cc1. The number of carbonyl (C=O) groups is 1. The lowest BCUT2D eigenvalue weighted by Crippen LogP contribution is -2.04. The van der Waals surface area contributed by atoms with Crippen LogP contribution in [0, 0.1) is 11.6 Å². The van der Waals surface area contributed by atoms with Gasteiger partial charge >= 0.3 is 0 Å². The zero-order valence-electron chi connectivity index (χ0n) is 11.0. The van der Waals surface area contributed by atoms with E-state index in [0.717, 1.165) is 23.4 Å². The molecule has 0 aliphatic carbocycles. The fourth-order valence-electron chi connectivity index (χ4n) is 1.90. The van der Waals surface area contributed by atoms with Crippen LogP contribution in [0.25, 0.3) is 0 Å². The van der Waals surface area contributed by atoms with Gasteiger partial charge in [0.1, 0.15) is 17.4 Å². The summed E-state index contributed by atoms with van der Waals surface area (Å²) in [4.78, 5) is 11.9. The molecule has 0 aromatic heterocycles. The Balaban J connectivity index is 2.00. The maximum absolute atomic E-state index is 13.4. The lowest BCUT2D eigenvalue weighted by molar-refractivity contribution is 0.0979. The molecule has 4 heteroatoms. The van der Waals surface area contributed by atoms with E-state index < -0.39 is 11.6 Å². The largest absolute Gasteiger partial charge is 0.497 e. The number of benzene rings is 2. The van der Waals surface area contributed by atoms with Crippen molar-refractivity contribution in [3.8, 4) is 5.75 Å². The van der Waals surface area contributed by atoms with Gasteiger partial charge in [0.05, 0.1) is 12.7 Å². The van der Waals surface area contributed by atoms with Crippen molar-refractivity contribution in [3.05, 3.63) is 65.2 Å². The number of carbonyl (C=O) groups excluding carboxylic acids is 1. The van der Waals surface area contributed by atoms with Crippen LogP contribution in [0.2, 0.25) is 0 Å². The van der Waals surface area contributed by atoms with Crippen LogP contribution in [0.5, 0.6) is 5.75 Å². The lowest BCUT2D eigenvalue weighted by Gasteiger charge is -2.04. The molecule has 0 unspecified atom stereocenters. The Labute approximate surface area is 116 Å². The third-order valence-corrected chi connectivity index (χ3v) is 3.03. The minimum Gasteiger partial charge on any atom is -0.497 e. The van der Waals surface area contributed by atoms with Crippen molar-refractivity contribution < 1.29 is 18.3 Å². The Morgan fingerprint density at radius 3 is 2.40 bits per heavy atom. The molecule has 104 valence electrons. The summed E-state index contributed by atoms with van der Waals surface area (Å²) >= 11 is 0. The summed E-state index contributed by atoms with van der Waals surface area (Å²) in [6.45, 7) is 0. The van der Waals surface area contributed by atoms with Crippen LogP contribution < -0.4 is 4.74 Å². The number of ether oxygens (including phenoxy) is 1. The molecular weight excluding hydrogens is 262 g/mol. The van der Waals surface area contributed by atoms with Gasteiger partial charge in [-0.25, -0.2) is 8.78 Å². The highest BCUT2D eigenvalue weighted by Crippen LogP contribution is 2.16. The summed E-state index contributed by atoms with van der Waals surface area (Å²) in [7, 11) is 1.58. The fraction of sp³-hybridized carbons (Fsp3) is 0.188. The molecule has 0 aliphatic rings. The molecule has 0 heterocycles. The molecule has 0 spiro atoms. The predicted octanol–water partition coefficient (Wildman–Crippen LogP) is 3.79. The molecule has 0 fully saturated rings. The summed E-state index contributed by atoms with van der Waals surface area (Å²) < 4.78 is 31.3. The average molecular weight is 276 g/mol. The van der Waals surface area contributed by atoms with Crippen LogP contribution in [0.3, 0.4) is 0 Å². The molecule has 2 aromatic rings. The molecule has 20 heavy (non-hydrogen) atoms. The van der Waals surface area contributed by atoms with Crippen LogP contribution in [-0.4, -0.2) is 12.9 Å². The van der Waals surface area contributed by atoms with Crippen molar-refractivity contribution in [2.75, 3.05) is 7.11 Å². The number of hydrogen-bond acceptors (Lipinski definition) is 2. The van der Waals surface area contributed by atoms with Crippen LogP contribution >= 0.6 is 0 Å². The summed E-state index contributed by atoms with van der Waals surface area (Å²) in [5.74, 6) is -1.10. The summed E-state index contributed by atoms with van der Waals surface area (Å²) in [5.41, 5.74) is 0.890. The second-order valence-electron chi connectivity index (χ2n) is 4.40. The Kier molecular flexibility index (Phi) is 4.45. The Morgan fingerprint density at radius 2 is 1.80 bits per heavy atom. The first kappa shape index (κ1) is 14.2. The van der Waals surface area contributed by atoms with Crippen LogP contribution in [0.1, 0.15) is 22.3 Å². The Hall–Kier alpha value is -2.23. The molecule has 2 aromatic carbocycles. The van der Waals surface area contributed by atoms with Gasteiger partial charge in [0.15, 0.2) is 5.78 Å². The molecule has 0 amide bonds. The van der Waals surface area contributed by atoms with Gasteiger partial charge in [-0.15, -0.1) is 0 Å². The smallest absolute Gasteiger partial charge is 0.166 e. The van der Waals surface area contributed by atoms with Crippen molar-refractivity contribution in [2.24, 2.45) is 0 Å². The molecule has 2 nitrogen and oxygen atoms in total. The summed E-state index contributed by atoms with van der Waals surface area (Å²) in [6, 6.07) is 10.3. The third-order valence-electron chi connectivity index (χ3n) is 3.03. The van der Waals surface area contributed by atoms with Crippen molar-refractivity contribution >= 4 is 5.78 Å². The molecule has 0 saturated carbocycles.